The van der Waals surface area contributed by atoms with E-state index in [-0.39, 0.29) is 37.3 Å². The van der Waals surface area contributed by atoms with Crippen molar-refractivity contribution >= 4 is 70.1 Å². The normalized spacial score (nSPS) is 13.8. The third-order valence-electron chi connectivity index (χ3n) is 4.51. The fourth-order valence-corrected chi connectivity index (χ4v) is 3.98. The molecule has 31 heavy (non-hydrogen) atoms. The van der Waals surface area contributed by atoms with Gasteiger partial charge in [-0.2, -0.15) is 0 Å². The lowest BCUT2D eigenvalue weighted by molar-refractivity contribution is -0.148. The van der Waals surface area contributed by atoms with Crippen LogP contribution >= 0.6 is 46.4 Å². The van der Waals surface area contributed by atoms with E-state index in [1.807, 2.05) is 30.3 Å². The topological polar surface area (TPSA) is 92.8 Å². The van der Waals surface area contributed by atoms with E-state index >= 15 is 0 Å². The monoisotopic (exact) mass is 502 g/mol. The predicted molar refractivity (Wildman–Crippen MR) is 116 cm³/mol. The van der Waals surface area contributed by atoms with E-state index in [1.165, 1.54) is 0 Å². The second-order valence-electron chi connectivity index (χ2n) is 6.56. The molecule has 3 amide bonds. The summed E-state index contributed by atoms with van der Waals surface area (Å²) in [5, 5.41) is 1.84. The third kappa shape index (κ3) is 4.65. The molecule has 3 rings (SSSR count). The van der Waals surface area contributed by atoms with Crippen molar-refractivity contribution in [2.45, 2.75) is 13.0 Å². The van der Waals surface area contributed by atoms with Crippen molar-refractivity contribution in [1.82, 2.24) is 10.2 Å². The number of carbonyl (C=O) groups is 4. The van der Waals surface area contributed by atoms with Crippen molar-refractivity contribution in [3.63, 3.8) is 0 Å². The summed E-state index contributed by atoms with van der Waals surface area (Å²) in [7, 11) is 0. The lowest BCUT2D eigenvalue weighted by Crippen LogP contribution is -2.37. The van der Waals surface area contributed by atoms with Crippen LogP contribution in [-0.2, 0) is 14.3 Å². The van der Waals surface area contributed by atoms with Gasteiger partial charge in [0.25, 0.3) is 17.7 Å². The first kappa shape index (κ1) is 23.3. The number of imide groups is 1. The van der Waals surface area contributed by atoms with Gasteiger partial charge in [0.2, 0.25) is 0 Å². The SMILES string of the molecule is C[C@@H](NC(=O)COC(=O)CN1C(=O)c2c(Cl)c(Cl)c(Cl)c(Cl)c2C1=O)c1ccccc1. The number of amides is 3. The summed E-state index contributed by atoms with van der Waals surface area (Å²) in [5.74, 6) is -3.26. The predicted octanol–water partition coefficient (Wildman–Crippen LogP) is 4.32. The zero-order valence-corrected chi connectivity index (χ0v) is 18.9. The molecule has 0 aliphatic carbocycles. The van der Waals surface area contributed by atoms with Gasteiger partial charge in [0.1, 0.15) is 6.54 Å². The maximum atomic E-state index is 12.6. The molecule has 0 spiro atoms. The van der Waals surface area contributed by atoms with Crippen molar-refractivity contribution < 1.29 is 23.9 Å². The number of nitrogens with one attached hydrogen (secondary N) is 1. The van der Waals surface area contributed by atoms with Crippen LogP contribution in [0, 0.1) is 0 Å². The Morgan fingerprint density at radius 2 is 1.45 bits per heavy atom. The fourth-order valence-electron chi connectivity index (χ4n) is 2.97. The van der Waals surface area contributed by atoms with Gasteiger partial charge in [0, 0.05) is 0 Å². The molecule has 0 radical (unpaired) electrons. The lowest BCUT2D eigenvalue weighted by atomic mass is 10.1. The summed E-state index contributed by atoms with van der Waals surface area (Å²) >= 11 is 23.9. The Morgan fingerprint density at radius 1 is 0.935 bits per heavy atom. The zero-order chi connectivity index (χ0) is 22.9. The maximum Gasteiger partial charge on any atom is 0.326 e. The van der Waals surface area contributed by atoms with Crippen LogP contribution in [0.5, 0.6) is 0 Å². The van der Waals surface area contributed by atoms with Crippen molar-refractivity contribution in [2.75, 3.05) is 13.2 Å². The van der Waals surface area contributed by atoms with E-state index < -0.39 is 36.8 Å². The first-order valence-electron chi connectivity index (χ1n) is 8.85. The molecule has 0 fully saturated rings. The molecule has 0 saturated carbocycles. The number of benzene rings is 2. The Balaban J connectivity index is 1.62. The molecule has 0 saturated heterocycles. The average Bonchev–Trinajstić information content (AvgIpc) is 3.00. The van der Waals surface area contributed by atoms with Gasteiger partial charge in [-0.25, -0.2) is 0 Å². The highest BCUT2D eigenvalue weighted by atomic mass is 35.5. The Bertz CT molecular complexity index is 1040. The molecular weight excluding hydrogens is 490 g/mol. The van der Waals surface area contributed by atoms with E-state index in [2.05, 4.69) is 5.32 Å². The molecule has 0 bridgehead atoms. The number of ether oxygens (including phenoxy) is 1. The van der Waals surface area contributed by atoms with E-state index in [0.29, 0.717) is 4.90 Å². The summed E-state index contributed by atoms with van der Waals surface area (Å²) in [4.78, 5) is 50.0. The van der Waals surface area contributed by atoms with Gasteiger partial charge in [0.05, 0.1) is 37.3 Å². The Labute approximate surface area is 197 Å². The summed E-state index contributed by atoms with van der Waals surface area (Å²) in [6, 6.07) is 8.89. The summed E-state index contributed by atoms with van der Waals surface area (Å²) in [5.41, 5.74) is 0.390. The molecule has 0 aromatic heterocycles. The molecule has 2 aromatic carbocycles. The molecule has 1 N–H and O–H groups in total. The van der Waals surface area contributed by atoms with Crippen LogP contribution in [0.4, 0.5) is 0 Å². The largest absolute Gasteiger partial charge is 0.454 e. The third-order valence-corrected chi connectivity index (χ3v) is 6.32. The summed E-state index contributed by atoms with van der Waals surface area (Å²) in [6.45, 7) is 0.450. The van der Waals surface area contributed by atoms with Crippen molar-refractivity contribution in [2.24, 2.45) is 0 Å². The Morgan fingerprint density at radius 3 is 1.97 bits per heavy atom. The average molecular weight is 504 g/mol. The number of halogens is 4. The molecule has 0 unspecified atom stereocenters. The van der Waals surface area contributed by atoms with Gasteiger partial charge in [0.15, 0.2) is 6.61 Å². The van der Waals surface area contributed by atoms with Crippen LogP contribution in [0.15, 0.2) is 30.3 Å². The highest BCUT2D eigenvalue weighted by molar-refractivity contribution is 6.55. The van der Waals surface area contributed by atoms with E-state index in [4.69, 9.17) is 51.1 Å². The van der Waals surface area contributed by atoms with E-state index in [0.717, 1.165) is 5.56 Å². The van der Waals surface area contributed by atoms with Crippen LogP contribution < -0.4 is 5.32 Å². The van der Waals surface area contributed by atoms with Gasteiger partial charge in [-0.05, 0) is 12.5 Å². The van der Waals surface area contributed by atoms with Crippen molar-refractivity contribution in [1.29, 1.82) is 0 Å². The van der Waals surface area contributed by atoms with E-state index in [9.17, 15) is 19.2 Å². The number of hydrogen-bond acceptors (Lipinski definition) is 5. The van der Waals surface area contributed by atoms with Crippen LogP contribution in [0.25, 0.3) is 0 Å². The van der Waals surface area contributed by atoms with Crippen LogP contribution in [0.2, 0.25) is 20.1 Å². The first-order valence-corrected chi connectivity index (χ1v) is 10.4. The number of fused-ring (bicyclic) bond motifs is 1. The zero-order valence-electron chi connectivity index (χ0n) is 15.9. The standard InChI is InChI=1S/C20H14Cl4N2O5/c1-9(10-5-3-2-4-6-10)25-11(27)8-31-12(28)7-26-19(29)13-14(20(26)30)16(22)18(24)17(23)15(13)21/h2-6,9H,7-8H2,1H3,(H,25,27)/t9-/m1/s1. The molecule has 1 atom stereocenters. The maximum absolute atomic E-state index is 12.6. The molecule has 2 aromatic rings. The number of esters is 1. The number of rotatable bonds is 6. The summed E-state index contributed by atoms with van der Waals surface area (Å²) in [6.07, 6.45) is 0. The van der Waals surface area contributed by atoms with E-state index in [1.54, 1.807) is 6.92 Å². The molecule has 1 heterocycles. The van der Waals surface area contributed by atoms with Gasteiger partial charge in [-0.1, -0.05) is 76.7 Å². The quantitative estimate of drug-likeness (QED) is 0.274. The van der Waals surface area contributed by atoms with Crippen LogP contribution in [0.1, 0.15) is 39.2 Å². The molecular formula is C20H14Cl4N2O5. The minimum Gasteiger partial charge on any atom is -0.454 e. The Hall–Kier alpha value is -2.32. The van der Waals surface area contributed by atoms with Crippen LogP contribution in [0.3, 0.4) is 0 Å². The number of hydrogen-bond donors (Lipinski definition) is 1. The molecule has 7 nitrogen and oxygen atoms in total. The molecule has 162 valence electrons. The number of carbonyl (C=O) groups excluding carboxylic acids is 4. The molecule has 1 aliphatic heterocycles. The minimum absolute atomic E-state index is 0.179. The van der Waals surface area contributed by atoms with Gasteiger partial charge < -0.3 is 10.1 Å². The highest BCUT2D eigenvalue weighted by Crippen LogP contribution is 2.44. The van der Waals surface area contributed by atoms with Crippen molar-refractivity contribution in [3.05, 3.63) is 67.1 Å². The highest BCUT2D eigenvalue weighted by Gasteiger charge is 2.42. The molecule has 11 heteroatoms. The summed E-state index contributed by atoms with van der Waals surface area (Å²) < 4.78 is 4.89. The smallest absolute Gasteiger partial charge is 0.326 e. The second-order valence-corrected chi connectivity index (χ2v) is 8.07. The number of nitrogens with zero attached hydrogens (tertiary/aromatic N) is 1. The molecule has 1 aliphatic rings. The van der Waals surface area contributed by atoms with Gasteiger partial charge in [-0.3, -0.25) is 24.1 Å². The van der Waals surface area contributed by atoms with Crippen LogP contribution in [-0.4, -0.2) is 41.7 Å². The minimum atomic E-state index is -0.971. The van der Waals surface area contributed by atoms with Gasteiger partial charge in [-0.15, -0.1) is 0 Å². The van der Waals surface area contributed by atoms with Gasteiger partial charge >= 0.3 is 5.97 Å². The Kier molecular flexibility index (Phi) is 7.11. The first-order chi connectivity index (χ1) is 14.6. The van der Waals surface area contributed by atoms with Crippen molar-refractivity contribution in [3.8, 4) is 0 Å². The second kappa shape index (κ2) is 9.44. The lowest BCUT2D eigenvalue weighted by Gasteiger charge is -2.15. The fraction of sp³-hybridized carbons (Fsp3) is 0.200.